The van der Waals surface area contributed by atoms with Gasteiger partial charge < -0.3 is 10.0 Å². The molecule has 2 rings (SSSR count). The van der Waals surface area contributed by atoms with Crippen LogP contribution < -0.4 is 10.5 Å². The second-order valence-electron chi connectivity index (χ2n) is 4.85. The van der Waals surface area contributed by atoms with Gasteiger partial charge in [-0.1, -0.05) is 30.1 Å². The lowest BCUT2D eigenvalue weighted by Crippen LogP contribution is -2.33. The Balaban J connectivity index is 2.45. The molecule has 122 valence electrons. The van der Waals surface area contributed by atoms with Gasteiger partial charge in [0.1, 0.15) is 11.6 Å². The van der Waals surface area contributed by atoms with Crippen molar-refractivity contribution in [2.75, 3.05) is 18.0 Å². The van der Waals surface area contributed by atoms with Crippen LogP contribution in [0.2, 0.25) is 10.0 Å². The molecule has 0 saturated heterocycles. The topological polar surface area (TPSA) is 75.4 Å². The molecule has 0 aliphatic heterocycles. The number of carbonyl (C=O) groups is 1. The predicted molar refractivity (Wildman–Crippen MR) is 90.0 cm³/mol. The Hall–Kier alpha value is -2.05. The molecule has 0 fully saturated rings. The van der Waals surface area contributed by atoms with E-state index in [2.05, 4.69) is 5.10 Å². The number of carboxylic acids is 1. The van der Waals surface area contributed by atoms with Crippen molar-refractivity contribution >= 4 is 34.9 Å². The van der Waals surface area contributed by atoms with E-state index >= 15 is 0 Å². The fourth-order valence-electron chi connectivity index (χ4n) is 2.13. The average molecular weight is 356 g/mol. The predicted octanol–water partition coefficient (Wildman–Crippen LogP) is 2.84. The molecule has 1 heterocycles. The number of carboxylic acid groups (broad SMARTS) is 1. The Labute approximate surface area is 142 Å². The number of anilines is 1. The molecule has 0 amide bonds. The van der Waals surface area contributed by atoms with Gasteiger partial charge in [-0.15, -0.1) is 0 Å². The summed E-state index contributed by atoms with van der Waals surface area (Å²) in [6.07, 6.45) is 2.11. The standard InChI is InChI=1S/C15H15Cl2N3O3/c1-2-7-19(9-13(21)22)12-8-18-20(15(23)14(12)17)11-5-3-10(16)4-6-11/h3-6,8H,2,7,9H2,1H3,(H,21,22). The van der Waals surface area contributed by atoms with Crippen molar-refractivity contribution in [2.45, 2.75) is 13.3 Å². The highest BCUT2D eigenvalue weighted by Crippen LogP contribution is 2.22. The van der Waals surface area contributed by atoms with Gasteiger partial charge in [0.05, 0.1) is 17.6 Å². The minimum absolute atomic E-state index is 0.0651. The van der Waals surface area contributed by atoms with Gasteiger partial charge in [0.15, 0.2) is 0 Å². The van der Waals surface area contributed by atoms with Crippen LogP contribution >= 0.6 is 23.2 Å². The molecule has 0 atom stereocenters. The summed E-state index contributed by atoms with van der Waals surface area (Å²) in [5, 5.41) is 13.6. The molecule has 0 radical (unpaired) electrons. The number of aromatic nitrogens is 2. The van der Waals surface area contributed by atoms with Gasteiger partial charge in [-0.3, -0.25) is 9.59 Å². The van der Waals surface area contributed by atoms with E-state index in [9.17, 15) is 9.59 Å². The van der Waals surface area contributed by atoms with E-state index in [4.69, 9.17) is 28.3 Å². The smallest absolute Gasteiger partial charge is 0.323 e. The molecule has 0 unspecified atom stereocenters. The Bertz CT molecular complexity index is 760. The fourth-order valence-corrected chi connectivity index (χ4v) is 2.50. The lowest BCUT2D eigenvalue weighted by Gasteiger charge is -2.22. The van der Waals surface area contributed by atoms with Gasteiger partial charge >= 0.3 is 5.97 Å². The summed E-state index contributed by atoms with van der Waals surface area (Å²) in [6.45, 7) is 2.11. The van der Waals surface area contributed by atoms with E-state index in [1.807, 2.05) is 6.92 Å². The first-order valence-electron chi connectivity index (χ1n) is 6.94. The lowest BCUT2D eigenvalue weighted by molar-refractivity contribution is -0.135. The third-order valence-corrected chi connectivity index (χ3v) is 3.74. The summed E-state index contributed by atoms with van der Waals surface area (Å²) in [6, 6.07) is 6.57. The second-order valence-corrected chi connectivity index (χ2v) is 5.67. The van der Waals surface area contributed by atoms with Crippen LogP contribution in [0.1, 0.15) is 13.3 Å². The first kappa shape index (κ1) is 17.3. The van der Waals surface area contributed by atoms with Crippen molar-refractivity contribution in [1.82, 2.24) is 9.78 Å². The number of aliphatic carboxylic acids is 1. The van der Waals surface area contributed by atoms with Crippen LogP contribution in [0.15, 0.2) is 35.3 Å². The summed E-state index contributed by atoms with van der Waals surface area (Å²) in [4.78, 5) is 24.9. The van der Waals surface area contributed by atoms with Gasteiger partial charge in [-0.2, -0.15) is 9.78 Å². The van der Waals surface area contributed by atoms with E-state index in [0.29, 0.717) is 29.4 Å². The zero-order chi connectivity index (χ0) is 17.0. The molecular weight excluding hydrogens is 341 g/mol. The Kier molecular flexibility index (Phi) is 5.63. The van der Waals surface area contributed by atoms with Crippen molar-refractivity contribution in [3.63, 3.8) is 0 Å². The molecular formula is C15H15Cl2N3O3. The average Bonchev–Trinajstić information content (AvgIpc) is 2.50. The Morgan fingerprint density at radius 2 is 1.96 bits per heavy atom. The van der Waals surface area contributed by atoms with Crippen molar-refractivity contribution in [2.24, 2.45) is 0 Å². The maximum atomic E-state index is 12.4. The lowest BCUT2D eigenvalue weighted by atomic mass is 10.3. The van der Waals surface area contributed by atoms with Crippen LogP contribution in [0, 0.1) is 0 Å². The molecule has 23 heavy (non-hydrogen) atoms. The summed E-state index contributed by atoms with van der Waals surface area (Å²) >= 11 is 12.0. The highest BCUT2D eigenvalue weighted by atomic mass is 35.5. The molecule has 0 spiro atoms. The van der Waals surface area contributed by atoms with Gasteiger partial charge in [-0.25, -0.2) is 0 Å². The molecule has 6 nitrogen and oxygen atoms in total. The third-order valence-electron chi connectivity index (χ3n) is 3.13. The maximum absolute atomic E-state index is 12.4. The summed E-state index contributed by atoms with van der Waals surface area (Å²) in [5.74, 6) is -1.00. The number of hydrogen-bond acceptors (Lipinski definition) is 4. The number of halogens is 2. The van der Waals surface area contributed by atoms with Crippen molar-refractivity contribution in [3.8, 4) is 5.69 Å². The number of nitrogens with zero attached hydrogens (tertiary/aromatic N) is 3. The van der Waals surface area contributed by atoms with Crippen LogP contribution in [-0.2, 0) is 4.79 Å². The summed E-state index contributed by atoms with van der Waals surface area (Å²) in [5.41, 5.74) is 0.317. The Morgan fingerprint density at radius 1 is 1.30 bits per heavy atom. The first-order valence-corrected chi connectivity index (χ1v) is 7.70. The van der Waals surface area contributed by atoms with Crippen molar-refractivity contribution < 1.29 is 9.90 Å². The molecule has 0 aliphatic rings. The first-order chi connectivity index (χ1) is 10.9. The van der Waals surface area contributed by atoms with Crippen LogP contribution in [-0.4, -0.2) is 33.9 Å². The highest BCUT2D eigenvalue weighted by molar-refractivity contribution is 6.33. The van der Waals surface area contributed by atoms with Gasteiger partial charge in [0, 0.05) is 11.6 Å². The highest BCUT2D eigenvalue weighted by Gasteiger charge is 2.18. The minimum atomic E-state index is -1.00. The van der Waals surface area contributed by atoms with Gasteiger partial charge in [0.25, 0.3) is 5.56 Å². The number of rotatable bonds is 6. The second kappa shape index (κ2) is 7.48. The van der Waals surface area contributed by atoms with Gasteiger partial charge in [0.2, 0.25) is 0 Å². The van der Waals surface area contributed by atoms with E-state index in [1.165, 1.54) is 11.1 Å². The van der Waals surface area contributed by atoms with Crippen LogP contribution in [0.5, 0.6) is 0 Å². The molecule has 1 aromatic heterocycles. The van der Waals surface area contributed by atoms with Crippen molar-refractivity contribution in [3.05, 3.63) is 50.9 Å². The maximum Gasteiger partial charge on any atom is 0.323 e. The molecule has 0 aliphatic carbocycles. The van der Waals surface area contributed by atoms with Crippen LogP contribution in [0.25, 0.3) is 5.69 Å². The number of benzene rings is 1. The molecule has 1 N–H and O–H groups in total. The van der Waals surface area contributed by atoms with E-state index < -0.39 is 11.5 Å². The molecule has 2 aromatic rings. The largest absolute Gasteiger partial charge is 0.480 e. The monoisotopic (exact) mass is 355 g/mol. The van der Waals surface area contributed by atoms with E-state index in [-0.39, 0.29) is 11.6 Å². The number of hydrogen-bond donors (Lipinski definition) is 1. The summed E-state index contributed by atoms with van der Waals surface area (Å²) < 4.78 is 1.15. The Morgan fingerprint density at radius 3 is 2.52 bits per heavy atom. The zero-order valence-electron chi connectivity index (χ0n) is 12.4. The van der Waals surface area contributed by atoms with Crippen LogP contribution in [0.4, 0.5) is 5.69 Å². The molecule has 1 aromatic carbocycles. The van der Waals surface area contributed by atoms with E-state index in [0.717, 1.165) is 4.68 Å². The SMILES string of the molecule is CCCN(CC(=O)O)c1cnn(-c2ccc(Cl)cc2)c(=O)c1Cl. The molecule has 0 bridgehead atoms. The van der Waals surface area contributed by atoms with Gasteiger partial charge in [-0.05, 0) is 30.7 Å². The molecule has 8 heteroatoms. The molecule has 0 saturated carbocycles. The minimum Gasteiger partial charge on any atom is -0.480 e. The summed E-state index contributed by atoms with van der Waals surface area (Å²) in [7, 11) is 0. The van der Waals surface area contributed by atoms with Crippen LogP contribution in [0.3, 0.4) is 0 Å². The van der Waals surface area contributed by atoms with E-state index in [1.54, 1.807) is 24.3 Å². The third kappa shape index (κ3) is 4.03. The normalized spacial score (nSPS) is 10.6. The van der Waals surface area contributed by atoms with Crippen molar-refractivity contribution in [1.29, 1.82) is 0 Å². The quantitative estimate of drug-likeness (QED) is 0.862. The zero-order valence-corrected chi connectivity index (χ0v) is 13.9. The fraction of sp³-hybridized carbons (Fsp3) is 0.267.